The van der Waals surface area contributed by atoms with E-state index in [0.717, 1.165) is 42.6 Å². The van der Waals surface area contributed by atoms with Crippen LogP contribution in [0.3, 0.4) is 0 Å². The second kappa shape index (κ2) is 10.3. The molecular weight excluding hydrogens is 412 g/mol. The molecule has 3 rings (SSSR count). The Labute approximate surface area is 185 Å². The number of ether oxygens (including phenoxy) is 1. The highest BCUT2D eigenvalue weighted by atomic mass is 32.2. The van der Waals surface area contributed by atoms with Gasteiger partial charge in [0.1, 0.15) is 5.75 Å². The normalized spacial score (nSPS) is 16.4. The fourth-order valence-electron chi connectivity index (χ4n) is 4.01. The van der Waals surface area contributed by atoms with Gasteiger partial charge in [-0.25, -0.2) is 8.42 Å². The second-order valence-corrected chi connectivity index (χ2v) is 9.95. The van der Waals surface area contributed by atoms with Crippen molar-refractivity contribution >= 4 is 15.9 Å². The van der Waals surface area contributed by atoms with Crippen molar-refractivity contribution in [3.8, 4) is 5.75 Å². The second-order valence-electron chi connectivity index (χ2n) is 8.01. The van der Waals surface area contributed by atoms with E-state index in [2.05, 4.69) is 5.32 Å². The predicted octanol–water partition coefficient (Wildman–Crippen LogP) is 4.45. The monoisotopic (exact) mass is 444 g/mol. The minimum absolute atomic E-state index is 0.176. The van der Waals surface area contributed by atoms with Crippen LogP contribution >= 0.6 is 0 Å². The summed E-state index contributed by atoms with van der Waals surface area (Å²) in [5, 5.41) is 3.04. The molecule has 31 heavy (non-hydrogen) atoms. The highest BCUT2D eigenvalue weighted by Crippen LogP contribution is 2.25. The van der Waals surface area contributed by atoms with Crippen LogP contribution in [0.15, 0.2) is 47.4 Å². The number of hydrogen-bond donors (Lipinski definition) is 1. The summed E-state index contributed by atoms with van der Waals surface area (Å²) in [7, 11) is -1.97. The molecule has 1 amide bonds. The van der Waals surface area contributed by atoms with Crippen molar-refractivity contribution in [2.24, 2.45) is 0 Å². The van der Waals surface area contributed by atoms with Crippen molar-refractivity contribution in [3.05, 3.63) is 59.2 Å². The van der Waals surface area contributed by atoms with Crippen LogP contribution in [0.2, 0.25) is 0 Å². The number of carbonyl (C=O) groups excluding carboxylic acids is 1. The molecule has 1 aliphatic rings. The highest BCUT2D eigenvalue weighted by Gasteiger charge is 2.26. The van der Waals surface area contributed by atoms with Gasteiger partial charge in [0.05, 0.1) is 18.0 Å². The Morgan fingerprint density at radius 1 is 1.10 bits per heavy atom. The Hall–Kier alpha value is -2.38. The first-order valence-corrected chi connectivity index (χ1v) is 12.4. The molecule has 1 heterocycles. The summed E-state index contributed by atoms with van der Waals surface area (Å²) in [6.45, 7) is 5.04. The van der Waals surface area contributed by atoms with Crippen molar-refractivity contribution in [3.63, 3.8) is 0 Å². The molecule has 1 fully saturated rings. The molecule has 1 saturated heterocycles. The van der Waals surface area contributed by atoms with Gasteiger partial charge in [0.25, 0.3) is 5.91 Å². The quantitative estimate of drug-likeness (QED) is 0.685. The third-order valence-electron chi connectivity index (χ3n) is 5.83. The predicted molar refractivity (Wildman–Crippen MR) is 122 cm³/mol. The van der Waals surface area contributed by atoms with Gasteiger partial charge in [0.15, 0.2) is 0 Å². The number of rotatable bonds is 7. The number of benzene rings is 2. The number of carbonyl (C=O) groups is 1. The molecule has 1 aliphatic heterocycles. The summed E-state index contributed by atoms with van der Waals surface area (Å²) in [4.78, 5) is 13.1. The Bertz CT molecular complexity index is 1010. The van der Waals surface area contributed by atoms with E-state index >= 15 is 0 Å². The van der Waals surface area contributed by atoms with Gasteiger partial charge in [-0.15, -0.1) is 0 Å². The number of methoxy groups -OCH3 is 1. The fourth-order valence-corrected chi connectivity index (χ4v) is 5.57. The van der Waals surface area contributed by atoms with Crippen LogP contribution in [0.4, 0.5) is 0 Å². The Morgan fingerprint density at radius 3 is 2.42 bits per heavy atom. The first-order chi connectivity index (χ1) is 14.9. The molecule has 168 valence electrons. The summed E-state index contributed by atoms with van der Waals surface area (Å²) in [5.74, 6) is 0.518. The molecular formula is C24H32N2O4S. The lowest BCUT2D eigenvalue weighted by molar-refractivity contribution is 0.0935. The zero-order chi connectivity index (χ0) is 22.4. The number of aryl methyl sites for hydroxylation is 1. The Kier molecular flexibility index (Phi) is 7.73. The Balaban J connectivity index is 1.79. The molecule has 0 aromatic heterocycles. The van der Waals surface area contributed by atoms with Gasteiger partial charge in [-0.3, -0.25) is 4.79 Å². The molecule has 6 nitrogen and oxygen atoms in total. The summed E-state index contributed by atoms with van der Waals surface area (Å²) in [6, 6.07) is 12.0. The maximum atomic E-state index is 13.1. The minimum Gasteiger partial charge on any atom is -0.496 e. The summed E-state index contributed by atoms with van der Waals surface area (Å²) in [5.41, 5.74) is 2.33. The van der Waals surface area contributed by atoms with Gasteiger partial charge in [0, 0.05) is 18.7 Å². The standard InChI is InChI=1S/C24H32N2O4S/c1-4-22(19-12-13-23(30-3)18(2)16-19)25-24(27)20-10-9-11-21(17-20)31(28,29)26-14-7-5-6-8-15-26/h9-13,16-17,22H,4-8,14-15H2,1-3H3,(H,25,27)/t22-/m0/s1. The van der Waals surface area contributed by atoms with E-state index in [1.165, 1.54) is 6.07 Å². The molecule has 1 atom stereocenters. The lowest BCUT2D eigenvalue weighted by atomic mass is 10.0. The van der Waals surface area contributed by atoms with Crippen LogP contribution in [-0.2, 0) is 10.0 Å². The molecule has 0 spiro atoms. The number of nitrogens with zero attached hydrogens (tertiary/aromatic N) is 1. The van der Waals surface area contributed by atoms with Crippen LogP contribution in [0.25, 0.3) is 0 Å². The fraction of sp³-hybridized carbons (Fsp3) is 0.458. The van der Waals surface area contributed by atoms with E-state index in [1.54, 1.807) is 29.6 Å². The maximum absolute atomic E-state index is 13.1. The van der Waals surface area contributed by atoms with Gasteiger partial charge >= 0.3 is 0 Å². The third-order valence-corrected chi connectivity index (χ3v) is 7.73. The van der Waals surface area contributed by atoms with E-state index in [9.17, 15) is 13.2 Å². The number of hydrogen-bond acceptors (Lipinski definition) is 4. The van der Waals surface area contributed by atoms with Gasteiger partial charge < -0.3 is 10.1 Å². The van der Waals surface area contributed by atoms with Gasteiger partial charge in [-0.1, -0.05) is 38.0 Å². The average molecular weight is 445 g/mol. The SMILES string of the molecule is CC[C@H](NC(=O)c1cccc(S(=O)(=O)N2CCCCCC2)c1)c1ccc(OC)c(C)c1. The molecule has 0 saturated carbocycles. The zero-order valence-electron chi connectivity index (χ0n) is 18.6. The van der Waals surface area contributed by atoms with Gasteiger partial charge in [0.2, 0.25) is 10.0 Å². The largest absolute Gasteiger partial charge is 0.496 e. The smallest absolute Gasteiger partial charge is 0.251 e. The van der Waals surface area contributed by atoms with Crippen LogP contribution in [-0.4, -0.2) is 38.8 Å². The van der Waals surface area contributed by atoms with Crippen molar-refractivity contribution in [2.45, 2.75) is 56.9 Å². The Morgan fingerprint density at radius 2 is 1.81 bits per heavy atom. The van der Waals surface area contributed by atoms with Crippen LogP contribution in [0.1, 0.15) is 66.6 Å². The van der Waals surface area contributed by atoms with Gasteiger partial charge in [-0.05, 0) is 61.6 Å². The van der Waals surface area contributed by atoms with Crippen molar-refractivity contribution in [1.82, 2.24) is 9.62 Å². The number of amides is 1. The van der Waals surface area contributed by atoms with E-state index in [1.807, 2.05) is 32.0 Å². The number of sulfonamides is 1. The lowest BCUT2D eigenvalue weighted by Crippen LogP contribution is -2.32. The van der Waals surface area contributed by atoms with Crippen LogP contribution in [0, 0.1) is 6.92 Å². The topological polar surface area (TPSA) is 75.7 Å². The summed E-state index contributed by atoms with van der Waals surface area (Å²) in [6.07, 6.45) is 4.57. The molecule has 0 radical (unpaired) electrons. The third kappa shape index (κ3) is 5.46. The van der Waals surface area contributed by atoms with Crippen LogP contribution < -0.4 is 10.1 Å². The number of nitrogens with one attached hydrogen (secondary N) is 1. The zero-order valence-corrected chi connectivity index (χ0v) is 19.4. The van der Waals surface area contributed by atoms with Crippen molar-refractivity contribution < 1.29 is 17.9 Å². The molecule has 2 aromatic rings. The summed E-state index contributed by atoms with van der Waals surface area (Å²) >= 11 is 0. The van der Waals surface area contributed by atoms with E-state index < -0.39 is 10.0 Å². The molecule has 2 aromatic carbocycles. The first-order valence-electron chi connectivity index (χ1n) is 10.9. The van der Waals surface area contributed by atoms with E-state index in [4.69, 9.17) is 4.74 Å². The van der Waals surface area contributed by atoms with E-state index in [0.29, 0.717) is 25.1 Å². The molecule has 0 bridgehead atoms. The lowest BCUT2D eigenvalue weighted by Gasteiger charge is -2.21. The van der Waals surface area contributed by atoms with Crippen LogP contribution in [0.5, 0.6) is 5.75 Å². The van der Waals surface area contributed by atoms with Gasteiger partial charge in [-0.2, -0.15) is 4.31 Å². The highest BCUT2D eigenvalue weighted by molar-refractivity contribution is 7.89. The van der Waals surface area contributed by atoms with Crippen molar-refractivity contribution in [1.29, 1.82) is 0 Å². The molecule has 7 heteroatoms. The molecule has 0 unspecified atom stereocenters. The van der Waals surface area contributed by atoms with E-state index in [-0.39, 0.29) is 16.8 Å². The first kappa shape index (κ1) is 23.3. The average Bonchev–Trinajstić information content (AvgIpc) is 3.07. The molecule has 0 aliphatic carbocycles. The summed E-state index contributed by atoms with van der Waals surface area (Å²) < 4.78 is 33.1. The maximum Gasteiger partial charge on any atom is 0.251 e. The van der Waals surface area contributed by atoms with Crippen molar-refractivity contribution in [2.75, 3.05) is 20.2 Å². The molecule has 1 N–H and O–H groups in total. The minimum atomic E-state index is -3.60.